The van der Waals surface area contributed by atoms with Gasteiger partial charge in [0.2, 0.25) is 0 Å². The summed E-state index contributed by atoms with van der Waals surface area (Å²) in [5.41, 5.74) is 4.33. The van der Waals surface area contributed by atoms with Gasteiger partial charge in [0.05, 0.1) is 0 Å². The van der Waals surface area contributed by atoms with Gasteiger partial charge in [0.25, 0.3) is 0 Å². The number of rotatable bonds is 1. The Bertz CT molecular complexity index is 457. The van der Waals surface area contributed by atoms with Crippen molar-refractivity contribution in [2.45, 2.75) is 13.8 Å². The minimum absolute atomic E-state index is 1.02. The van der Waals surface area contributed by atoms with Crippen molar-refractivity contribution in [1.82, 2.24) is 9.97 Å². The summed E-state index contributed by atoms with van der Waals surface area (Å²) < 4.78 is 1.08. The Balaban J connectivity index is 2.58. The first-order valence-corrected chi connectivity index (χ1v) is 5.52. The van der Waals surface area contributed by atoms with Gasteiger partial charge in [0.1, 0.15) is 6.33 Å². The molecule has 3 heteroatoms. The van der Waals surface area contributed by atoms with Gasteiger partial charge in [0.15, 0.2) is 0 Å². The SMILES string of the molecule is Cc1ncnc(C)c1-c1ccc(Br)cc1. The Hall–Kier alpha value is -1.22. The fraction of sp³-hybridized carbons (Fsp3) is 0.167. The van der Waals surface area contributed by atoms with Crippen LogP contribution < -0.4 is 0 Å². The largest absolute Gasteiger partial charge is 0.241 e. The van der Waals surface area contributed by atoms with Gasteiger partial charge in [-0.1, -0.05) is 28.1 Å². The van der Waals surface area contributed by atoms with Crippen LogP contribution in [-0.4, -0.2) is 9.97 Å². The van der Waals surface area contributed by atoms with Crippen LogP contribution in [0.1, 0.15) is 11.4 Å². The van der Waals surface area contributed by atoms with Crippen molar-refractivity contribution in [2.24, 2.45) is 0 Å². The lowest BCUT2D eigenvalue weighted by molar-refractivity contribution is 1.06. The number of nitrogens with zero attached hydrogens (tertiary/aromatic N) is 2. The van der Waals surface area contributed by atoms with Gasteiger partial charge in [-0.05, 0) is 31.5 Å². The highest BCUT2D eigenvalue weighted by Gasteiger charge is 2.06. The molecule has 0 atom stereocenters. The second-order valence-corrected chi connectivity index (χ2v) is 4.34. The third-order valence-corrected chi connectivity index (χ3v) is 2.89. The van der Waals surface area contributed by atoms with Crippen LogP contribution in [0, 0.1) is 13.8 Å². The van der Waals surface area contributed by atoms with E-state index in [9.17, 15) is 0 Å². The molecule has 0 saturated carbocycles. The molecule has 0 fully saturated rings. The lowest BCUT2D eigenvalue weighted by atomic mass is 10.0. The lowest BCUT2D eigenvalue weighted by Gasteiger charge is -2.07. The monoisotopic (exact) mass is 262 g/mol. The summed E-state index contributed by atoms with van der Waals surface area (Å²) in [6.45, 7) is 4.01. The molecule has 0 amide bonds. The number of benzene rings is 1. The maximum absolute atomic E-state index is 4.22. The summed E-state index contributed by atoms with van der Waals surface area (Å²) >= 11 is 3.42. The first-order valence-electron chi connectivity index (χ1n) is 4.72. The molecule has 1 heterocycles. The lowest BCUT2D eigenvalue weighted by Crippen LogP contribution is -1.94. The van der Waals surface area contributed by atoms with Crippen LogP contribution >= 0.6 is 15.9 Å². The normalized spacial score (nSPS) is 10.3. The fourth-order valence-electron chi connectivity index (χ4n) is 1.63. The molecule has 1 aromatic carbocycles. The number of aromatic nitrogens is 2. The van der Waals surface area contributed by atoms with Crippen molar-refractivity contribution >= 4 is 15.9 Å². The minimum Gasteiger partial charge on any atom is -0.241 e. The second-order valence-electron chi connectivity index (χ2n) is 3.43. The van der Waals surface area contributed by atoms with E-state index >= 15 is 0 Å². The van der Waals surface area contributed by atoms with Gasteiger partial charge < -0.3 is 0 Å². The van der Waals surface area contributed by atoms with E-state index in [4.69, 9.17) is 0 Å². The first-order chi connectivity index (χ1) is 7.18. The molecule has 0 spiro atoms. The topological polar surface area (TPSA) is 25.8 Å². The molecular formula is C12H11BrN2. The van der Waals surface area contributed by atoms with Crippen molar-refractivity contribution in [1.29, 1.82) is 0 Å². The number of halogens is 1. The van der Waals surface area contributed by atoms with Gasteiger partial charge in [-0.2, -0.15) is 0 Å². The molecule has 1 aromatic heterocycles. The van der Waals surface area contributed by atoms with E-state index in [1.54, 1.807) is 6.33 Å². The molecule has 2 nitrogen and oxygen atoms in total. The Morgan fingerprint density at radius 1 is 0.933 bits per heavy atom. The Labute approximate surface area is 97.5 Å². The predicted molar refractivity (Wildman–Crippen MR) is 64.6 cm³/mol. The van der Waals surface area contributed by atoms with Crippen molar-refractivity contribution in [3.8, 4) is 11.1 Å². The molecule has 0 bridgehead atoms. The van der Waals surface area contributed by atoms with E-state index in [1.165, 1.54) is 0 Å². The van der Waals surface area contributed by atoms with E-state index in [0.29, 0.717) is 0 Å². The standard InChI is InChI=1S/C12H11BrN2/c1-8-12(9(2)15-7-14-8)10-3-5-11(13)6-4-10/h3-7H,1-2H3. The highest BCUT2D eigenvalue weighted by Crippen LogP contribution is 2.25. The zero-order valence-corrected chi connectivity index (χ0v) is 10.2. The molecular weight excluding hydrogens is 252 g/mol. The highest BCUT2D eigenvalue weighted by molar-refractivity contribution is 9.10. The molecule has 2 rings (SSSR count). The summed E-state index contributed by atoms with van der Waals surface area (Å²) in [7, 11) is 0. The fourth-order valence-corrected chi connectivity index (χ4v) is 1.89. The maximum atomic E-state index is 4.22. The van der Waals surface area contributed by atoms with Crippen molar-refractivity contribution in [2.75, 3.05) is 0 Å². The first kappa shape index (κ1) is 10.3. The Morgan fingerprint density at radius 3 is 2.00 bits per heavy atom. The third kappa shape index (κ3) is 2.07. The Morgan fingerprint density at radius 2 is 1.47 bits per heavy atom. The van der Waals surface area contributed by atoms with Crippen LogP contribution in [0.3, 0.4) is 0 Å². The average molecular weight is 263 g/mol. The minimum atomic E-state index is 1.02. The van der Waals surface area contributed by atoms with Crippen molar-refractivity contribution in [3.63, 3.8) is 0 Å². The molecule has 0 radical (unpaired) electrons. The molecule has 0 aliphatic rings. The predicted octanol–water partition coefficient (Wildman–Crippen LogP) is 3.52. The second kappa shape index (κ2) is 4.11. The number of hydrogen-bond donors (Lipinski definition) is 0. The zero-order chi connectivity index (χ0) is 10.8. The summed E-state index contributed by atoms with van der Waals surface area (Å²) in [4.78, 5) is 8.43. The van der Waals surface area contributed by atoms with Crippen LogP contribution in [0.15, 0.2) is 35.1 Å². The van der Waals surface area contributed by atoms with E-state index in [-0.39, 0.29) is 0 Å². The van der Waals surface area contributed by atoms with Gasteiger partial charge >= 0.3 is 0 Å². The smallest absolute Gasteiger partial charge is 0.115 e. The van der Waals surface area contributed by atoms with E-state index in [2.05, 4.69) is 38.0 Å². The number of hydrogen-bond acceptors (Lipinski definition) is 2. The van der Waals surface area contributed by atoms with Crippen LogP contribution in [0.4, 0.5) is 0 Å². The van der Waals surface area contributed by atoms with E-state index in [1.807, 2.05) is 26.0 Å². The summed E-state index contributed by atoms with van der Waals surface area (Å²) in [6, 6.07) is 8.20. The average Bonchev–Trinajstić information content (AvgIpc) is 2.20. The molecule has 15 heavy (non-hydrogen) atoms. The maximum Gasteiger partial charge on any atom is 0.115 e. The summed E-state index contributed by atoms with van der Waals surface area (Å²) in [5, 5.41) is 0. The van der Waals surface area contributed by atoms with Crippen molar-refractivity contribution < 1.29 is 0 Å². The van der Waals surface area contributed by atoms with Gasteiger partial charge in [0, 0.05) is 21.4 Å². The quantitative estimate of drug-likeness (QED) is 0.786. The summed E-state index contributed by atoms with van der Waals surface area (Å²) in [5.74, 6) is 0. The molecule has 2 aromatic rings. The van der Waals surface area contributed by atoms with Crippen LogP contribution in [0.25, 0.3) is 11.1 Å². The van der Waals surface area contributed by atoms with Gasteiger partial charge in [-0.25, -0.2) is 9.97 Å². The Kier molecular flexibility index (Phi) is 2.82. The van der Waals surface area contributed by atoms with Crippen LogP contribution in [0.2, 0.25) is 0 Å². The molecule has 0 aliphatic heterocycles. The van der Waals surface area contributed by atoms with E-state index in [0.717, 1.165) is 27.0 Å². The van der Waals surface area contributed by atoms with Crippen molar-refractivity contribution in [3.05, 3.63) is 46.5 Å². The third-order valence-electron chi connectivity index (χ3n) is 2.36. The molecule has 0 aliphatic carbocycles. The molecule has 0 N–H and O–H groups in total. The number of aryl methyl sites for hydroxylation is 2. The highest BCUT2D eigenvalue weighted by atomic mass is 79.9. The van der Waals surface area contributed by atoms with Gasteiger partial charge in [-0.3, -0.25) is 0 Å². The van der Waals surface area contributed by atoms with Crippen LogP contribution in [0.5, 0.6) is 0 Å². The summed E-state index contributed by atoms with van der Waals surface area (Å²) in [6.07, 6.45) is 1.60. The van der Waals surface area contributed by atoms with Crippen LogP contribution in [-0.2, 0) is 0 Å². The molecule has 0 unspecified atom stereocenters. The van der Waals surface area contributed by atoms with E-state index < -0.39 is 0 Å². The molecule has 0 saturated heterocycles. The molecule has 76 valence electrons. The van der Waals surface area contributed by atoms with Gasteiger partial charge in [-0.15, -0.1) is 0 Å². The zero-order valence-electron chi connectivity index (χ0n) is 8.66.